The molecule has 116 valence electrons. The Morgan fingerprint density at radius 3 is 1.42 bits per heavy atom. The molecule has 0 unspecified atom stereocenters. The monoisotopic (exact) mass is 277 g/mol. The van der Waals surface area contributed by atoms with E-state index in [9.17, 15) is 0 Å². The molecule has 5 nitrogen and oxygen atoms in total. The molecule has 0 rings (SSSR count). The van der Waals surface area contributed by atoms with Crippen LogP contribution in [0, 0.1) is 0 Å². The van der Waals surface area contributed by atoms with Crippen molar-refractivity contribution in [3.8, 4) is 0 Å². The summed E-state index contributed by atoms with van der Waals surface area (Å²) >= 11 is 0. The van der Waals surface area contributed by atoms with Gasteiger partial charge in [-0.2, -0.15) is 0 Å². The summed E-state index contributed by atoms with van der Waals surface area (Å²) in [4.78, 5) is 2.34. The molecule has 0 heterocycles. The first-order valence-corrected chi connectivity index (χ1v) is 7.38. The van der Waals surface area contributed by atoms with E-state index in [4.69, 9.17) is 18.9 Å². The van der Waals surface area contributed by atoms with E-state index < -0.39 is 0 Å². The van der Waals surface area contributed by atoms with Crippen LogP contribution in [-0.4, -0.2) is 77.4 Å². The van der Waals surface area contributed by atoms with Gasteiger partial charge in [0.25, 0.3) is 0 Å². The van der Waals surface area contributed by atoms with Crippen molar-refractivity contribution in [2.24, 2.45) is 0 Å². The van der Waals surface area contributed by atoms with Crippen molar-refractivity contribution in [3.05, 3.63) is 0 Å². The highest BCUT2D eigenvalue weighted by Gasteiger charge is 1.98. The highest BCUT2D eigenvalue weighted by atomic mass is 16.6. The maximum Gasteiger partial charge on any atom is 0.0701 e. The van der Waals surface area contributed by atoms with E-state index in [2.05, 4.69) is 18.7 Å². The van der Waals surface area contributed by atoms with E-state index >= 15 is 0 Å². The number of rotatable bonds is 15. The lowest BCUT2D eigenvalue weighted by molar-refractivity contribution is -0.00244. The van der Waals surface area contributed by atoms with Gasteiger partial charge < -0.3 is 23.8 Å². The van der Waals surface area contributed by atoms with Crippen LogP contribution in [0.5, 0.6) is 0 Å². The molecule has 0 spiro atoms. The third kappa shape index (κ3) is 14.0. The van der Waals surface area contributed by atoms with E-state index in [-0.39, 0.29) is 0 Å². The summed E-state index contributed by atoms with van der Waals surface area (Å²) < 4.78 is 21.4. The smallest absolute Gasteiger partial charge is 0.0701 e. The zero-order valence-electron chi connectivity index (χ0n) is 12.9. The quantitative estimate of drug-likeness (QED) is 0.423. The van der Waals surface area contributed by atoms with Crippen LogP contribution in [0.15, 0.2) is 0 Å². The first-order chi connectivity index (χ1) is 9.35. The van der Waals surface area contributed by atoms with Gasteiger partial charge in [0.2, 0.25) is 0 Å². The molecule has 0 bridgehead atoms. The Labute approximate surface area is 118 Å². The second kappa shape index (κ2) is 15.9. The molecular weight excluding hydrogens is 246 g/mol. The topological polar surface area (TPSA) is 40.2 Å². The van der Waals surface area contributed by atoms with Crippen LogP contribution >= 0.6 is 0 Å². The molecule has 0 amide bonds. The lowest BCUT2D eigenvalue weighted by Gasteiger charge is -2.17. The minimum absolute atomic E-state index is 0.617. The number of hydrogen-bond donors (Lipinski definition) is 0. The van der Waals surface area contributed by atoms with Gasteiger partial charge in [-0.3, -0.25) is 0 Å². The summed E-state index contributed by atoms with van der Waals surface area (Å²) in [5.41, 5.74) is 0. The SMILES string of the molecule is CCOCCOCCOCCOCCN(CC)CC. The minimum atomic E-state index is 0.617. The number of ether oxygens (including phenoxy) is 4. The third-order valence-electron chi connectivity index (χ3n) is 2.77. The zero-order valence-corrected chi connectivity index (χ0v) is 12.9. The van der Waals surface area contributed by atoms with Gasteiger partial charge in [0.15, 0.2) is 0 Å². The highest BCUT2D eigenvalue weighted by Crippen LogP contribution is 1.87. The molecule has 0 aliphatic rings. The fourth-order valence-corrected chi connectivity index (χ4v) is 1.54. The molecule has 0 aromatic rings. The molecule has 0 radical (unpaired) electrons. The van der Waals surface area contributed by atoms with E-state index in [1.54, 1.807) is 0 Å². The second-order valence-electron chi connectivity index (χ2n) is 4.06. The van der Waals surface area contributed by atoms with Gasteiger partial charge in [-0.15, -0.1) is 0 Å². The van der Waals surface area contributed by atoms with Gasteiger partial charge >= 0.3 is 0 Å². The molecule has 19 heavy (non-hydrogen) atoms. The number of likely N-dealkylation sites (N-methyl/N-ethyl adjacent to an activating group) is 1. The number of nitrogens with zero attached hydrogens (tertiary/aromatic N) is 1. The van der Waals surface area contributed by atoms with Crippen LogP contribution in [0.25, 0.3) is 0 Å². The fourth-order valence-electron chi connectivity index (χ4n) is 1.54. The van der Waals surface area contributed by atoms with Crippen LogP contribution in [0.4, 0.5) is 0 Å². The van der Waals surface area contributed by atoms with E-state index in [1.165, 1.54) is 0 Å². The van der Waals surface area contributed by atoms with Crippen molar-refractivity contribution in [2.75, 3.05) is 72.5 Å². The Morgan fingerprint density at radius 1 is 0.579 bits per heavy atom. The Balaban J connectivity index is 3.02. The largest absolute Gasteiger partial charge is 0.379 e. The summed E-state index contributed by atoms with van der Waals surface area (Å²) in [6.45, 7) is 14.8. The first kappa shape index (κ1) is 18.8. The summed E-state index contributed by atoms with van der Waals surface area (Å²) in [6.07, 6.45) is 0. The van der Waals surface area contributed by atoms with E-state index in [0.717, 1.165) is 32.8 Å². The summed E-state index contributed by atoms with van der Waals surface area (Å²) in [5.74, 6) is 0. The van der Waals surface area contributed by atoms with Crippen molar-refractivity contribution in [2.45, 2.75) is 20.8 Å². The maximum atomic E-state index is 5.50. The zero-order chi connectivity index (χ0) is 14.2. The van der Waals surface area contributed by atoms with Crippen molar-refractivity contribution >= 4 is 0 Å². The summed E-state index contributed by atoms with van der Waals surface area (Å²) in [5, 5.41) is 0. The standard InChI is InChI=1S/C14H31NO4/c1-4-15(5-2)7-8-17-11-12-19-14-13-18-10-9-16-6-3/h4-14H2,1-3H3. The Kier molecular flexibility index (Phi) is 15.7. The minimum Gasteiger partial charge on any atom is -0.379 e. The molecule has 0 aromatic carbocycles. The van der Waals surface area contributed by atoms with Gasteiger partial charge in [0, 0.05) is 13.2 Å². The predicted molar refractivity (Wildman–Crippen MR) is 76.7 cm³/mol. The van der Waals surface area contributed by atoms with Crippen molar-refractivity contribution < 1.29 is 18.9 Å². The Hall–Kier alpha value is -0.200. The van der Waals surface area contributed by atoms with Crippen LogP contribution in [0.2, 0.25) is 0 Å². The molecule has 0 atom stereocenters. The Bertz CT molecular complexity index is 166. The second-order valence-corrected chi connectivity index (χ2v) is 4.06. The van der Waals surface area contributed by atoms with Gasteiger partial charge in [0.1, 0.15) is 0 Å². The van der Waals surface area contributed by atoms with Crippen molar-refractivity contribution in [3.63, 3.8) is 0 Å². The fraction of sp³-hybridized carbons (Fsp3) is 1.00. The third-order valence-corrected chi connectivity index (χ3v) is 2.77. The molecule has 0 fully saturated rings. The number of hydrogen-bond acceptors (Lipinski definition) is 5. The average Bonchev–Trinajstić information content (AvgIpc) is 2.44. The average molecular weight is 277 g/mol. The van der Waals surface area contributed by atoms with Crippen LogP contribution < -0.4 is 0 Å². The highest BCUT2D eigenvalue weighted by molar-refractivity contribution is 4.50. The van der Waals surface area contributed by atoms with E-state index in [0.29, 0.717) is 39.6 Å². The predicted octanol–water partition coefficient (Wildman–Crippen LogP) is 1.41. The first-order valence-electron chi connectivity index (χ1n) is 7.38. The van der Waals surface area contributed by atoms with Gasteiger partial charge in [-0.1, -0.05) is 13.8 Å². The molecule has 0 N–H and O–H groups in total. The summed E-state index contributed by atoms with van der Waals surface area (Å²) in [7, 11) is 0. The van der Waals surface area contributed by atoms with Gasteiger partial charge in [0.05, 0.1) is 46.2 Å². The molecule has 0 aliphatic carbocycles. The molecule has 0 saturated carbocycles. The van der Waals surface area contributed by atoms with E-state index in [1.807, 2.05) is 6.92 Å². The maximum absolute atomic E-state index is 5.50. The summed E-state index contributed by atoms with van der Waals surface area (Å²) in [6, 6.07) is 0. The normalized spacial score (nSPS) is 11.4. The lowest BCUT2D eigenvalue weighted by atomic mass is 10.5. The van der Waals surface area contributed by atoms with Crippen LogP contribution in [-0.2, 0) is 18.9 Å². The van der Waals surface area contributed by atoms with Gasteiger partial charge in [-0.25, -0.2) is 0 Å². The molecular formula is C14H31NO4. The molecule has 5 heteroatoms. The Morgan fingerprint density at radius 2 is 1.00 bits per heavy atom. The molecule has 0 saturated heterocycles. The van der Waals surface area contributed by atoms with Crippen molar-refractivity contribution in [1.29, 1.82) is 0 Å². The van der Waals surface area contributed by atoms with Crippen LogP contribution in [0.3, 0.4) is 0 Å². The molecule has 0 aliphatic heterocycles. The lowest BCUT2D eigenvalue weighted by Crippen LogP contribution is -2.27. The van der Waals surface area contributed by atoms with Crippen molar-refractivity contribution in [1.82, 2.24) is 4.90 Å². The van der Waals surface area contributed by atoms with Gasteiger partial charge in [-0.05, 0) is 20.0 Å². The van der Waals surface area contributed by atoms with Crippen LogP contribution in [0.1, 0.15) is 20.8 Å². The molecule has 0 aromatic heterocycles.